The van der Waals surface area contributed by atoms with Crippen LogP contribution >= 0.6 is 0 Å². The van der Waals surface area contributed by atoms with Crippen molar-refractivity contribution >= 4 is 15.8 Å². The summed E-state index contributed by atoms with van der Waals surface area (Å²) in [5, 5.41) is -0.449. The van der Waals surface area contributed by atoms with Crippen molar-refractivity contribution in [2.75, 3.05) is 38.2 Å². The van der Waals surface area contributed by atoms with Gasteiger partial charge in [0.25, 0.3) is 0 Å². The van der Waals surface area contributed by atoms with Gasteiger partial charge >= 0.3 is 0 Å². The zero-order chi connectivity index (χ0) is 21.9. The molecule has 7 nitrogen and oxygen atoms in total. The van der Waals surface area contributed by atoms with Crippen LogP contribution in [-0.4, -0.2) is 61.2 Å². The largest absolute Gasteiger partial charge is 0.378 e. The average Bonchev–Trinajstić information content (AvgIpc) is 2.71. The van der Waals surface area contributed by atoms with E-state index in [0.717, 1.165) is 17.1 Å². The van der Waals surface area contributed by atoms with E-state index in [1.54, 1.807) is 39.2 Å². The Labute approximate surface area is 177 Å². The Morgan fingerprint density at radius 2 is 1.80 bits per heavy atom. The molecule has 0 radical (unpaired) electrons. The minimum atomic E-state index is -3.29. The summed E-state index contributed by atoms with van der Waals surface area (Å²) >= 11 is 0. The van der Waals surface area contributed by atoms with E-state index in [1.165, 1.54) is 10.4 Å². The number of halogens is 1. The van der Waals surface area contributed by atoms with Gasteiger partial charge < -0.3 is 9.64 Å². The normalized spacial score (nSPS) is 15.7. The molecule has 2 aromatic rings. The number of sulfonamides is 1. The van der Waals surface area contributed by atoms with Crippen LogP contribution in [0.1, 0.15) is 36.5 Å². The fraction of sp³-hybridized carbons (Fsp3) is 0.524. The predicted molar refractivity (Wildman–Crippen MR) is 115 cm³/mol. The summed E-state index contributed by atoms with van der Waals surface area (Å²) in [4.78, 5) is 11.3. The summed E-state index contributed by atoms with van der Waals surface area (Å²) in [6.07, 6.45) is 0.339. The van der Waals surface area contributed by atoms with E-state index < -0.39 is 15.3 Å². The van der Waals surface area contributed by atoms with Gasteiger partial charge in [0, 0.05) is 45.3 Å². The first-order valence-corrected chi connectivity index (χ1v) is 11.6. The molecular formula is C21H29FN4O3S. The van der Waals surface area contributed by atoms with E-state index in [1.807, 2.05) is 6.92 Å². The standard InChI is InChI=1S/C21H29FN4O3S/c1-15(2)30(27,28)26-11-9-25(10-12-26)21-18(13-17-7-5-6-8-19(17)22)20(14-29-4)23-16(3)24-21/h5-8,15H,9-14H2,1-4H3. The summed E-state index contributed by atoms with van der Waals surface area (Å²) in [5.41, 5.74) is 2.10. The summed E-state index contributed by atoms with van der Waals surface area (Å²) in [6, 6.07) is 6.66. The van der Waals surface area contributed by atoms with Gasteiger partial charge in [0.1, 0.15) is 17.5 Å². The number of anilines is 1. The Morgan fingerprint density at radius 3 is 2.40 bits per heavy atom. The number of methoxy groups -OCH3 is 1. The van der Waals surface area contributed by atoms with Gasteiger partial charge in [-0.05, 0) is 32.4 Å². The van der Waals surface area contributed by atoms with Gasteiger partial charge in [-0.25, -0.2) is 22.8 Å². The van der Waals surface area contributed by atoms with E-state index in [2.05, 4.69) is 14.9 Å². The van der Waals surface area contributed by atoms with Crippen LogP contribution in [0.2, 0.25) is 0 Å². The lowest BCUT2D eigenvalue weighted by molar-refractivity contribution is 0.180. The van der Waals surface area contributed by atoms with Crippen molar-refractivity contribution in [2.24, 2.45) is 0 Å². The minimum Gasteiger partial charge on any atom is -0.378 e. The molecule has 1 aliphatic heterocycles. The van der Waals surface area contributed by atoms with Crippen LogP contribution in [0.4, 0.5) is 10.2 Å². The maximum absolute atomic E-state index is 14.3. The minimum absolute atomic E-state index is 0.278. The third kappa shape index (κ3) is 4.79. The van der Waals surface area contributed by atoms with Gasteiger partial charge in [0.15, 0.2) is 0 Å². The van der Waals surface area contributed by atoms with Crippen LogP contribution in [0, 0.1) is 12.7 Å². The molecule has 0 saturated carbocycles. The van der Waals surface area contributed by atoms with Gasteiger partial charge in [0.05, 0.1) is 17.6 Å². The van der Waals surface area contributed by atoms with Crippen molar-refractivity contribution in [1.29, 1.82) is 0 Å². The lowest BCUT2D eigenvalue weighted by Crippen LogP contribution is -2.51. The molecule has 3 rings (SSSR count). The maximum Gasteiger partial charge on any atom is 0.216 e. The number of hydrogen-bond acceptors (Lipinski definition) is 6. The lowest BCUT2D eigenvalue weighted by Gasteiger charge is -2.36. The molecule has 30 heavy (non-hydrogen) atoms. The number of aryl methyl sites for hydroxylation is 1. The number of nitrogens with zero attached hydrogens (tertiary/aromatic N) is 4. The van der Waals surface area contributed by atoms with E-state index in [9.17, 15) is 12.8 Å². The SMILES string of the molecule is COCc1nc(C)nc(N2CCN(S(=O)(=O)C(C)C)CC2)c1Cc1ccccc1F. The van der Waals surface area contributed by atoms with Crippen molar-refractivity contribution in [3.63, 3.8) is 0 Å². The summed E-state index contributed by atoms with van der Waals surface area (Å²) in [5.74, 6) is 1.05. The third-order valence-corrected chi connectivity index (χ3v) is 7.56. The molecule has 1 saturated heterocycles. The topological polar surface area (TPSA) is 75.6 Å². The fourth-order valence-electron chi connectivity index (χ4n) is 3.62. The highest BCUT2D eigenvalue weighted by Crippen LogP contribution is 2.27. The van der Waals surface area contributed by atoms with Crippen molar-refractivity contribution in [3.8, 4) is 0 Å². The number of hydrogen-bond donors (Lipinski definition) is 0. The molecule has 2 heterocycles. The average molecular weight is 437 g/mol. The Balaban J connectivity index is 1.93. The van der Waals surface area contributed by atoms with Crippen molar-refractivity contribution < 1.29 is 17.5 Å². The van der Waals surface area contributed by atoms with Crippen molar-refractivity contribution in [1.82, 2.24) is 14.3 Å². The highest BCUT2D eigenvalue weighted by Gasteiger charge is 2.31. The summed E-state index contributed by atoms with van der Waals surface area (Å²) in [6.45, 7) is 7.30. The second-order valence-corrected chi connectivity index (χ2v) is 10.2. The molecule has 164 valence electrons. The van der Waals surface area contributed by atoms with E-state index in [-0.39, 0.29) is 5.82 Å². The van der Waals surface area contributed by atoms with Gasteiger partial charge in [-0.15, -0.1) is 0 Å². The summed E-state index contributed by atoms with van der Waals surface area (Å²) < 4.78 is 46.2. The molecule has 1 aromatic carbocycles. The Hall–Kier alpha value is -2.10. The van der Waals surface area contributed by atoms with Gasteiger partial charge in [0.2, 0.25) is 10.0 Å². The molecule has 1 aromatic heterocycles. The monoisotopic (exact) mass is 436 g/mol. The van der Waals surface area contributed by atoms with Crippen LogP contribution in [0.3, 0.4) is 0 Å². The Kier molecular flexibility index (Phi) is 7.05. The number of benzene rings is 1. The first-order valence-electron chi connectivity index (χ1n) is 10.1. The maximum atomic E-state index is 14.3. The van der Waals surface area contributed by atoms with Crippen LogP contribution in [0.25, 0.3) is 0 Å². The van der Waals surface area contributed by atoms with Crippen molar-refractivity contribution in [2.45, 2.75) is 39.0 Å². The fourth-order valence-corrected chi connectivity index (χ4v) is 4.89. The van der Waals surface area contributed by atoms with Crippen LogP contribution in [-0.2, 0) is 27.8 Å². The van der Waals surface area contributed by atoms with Crippen LogP contribution < -0.4 is 4.90 Å². The number of piperazine rings is 1. The molecule has 9 heteroatoms. The first kappa shape index (κ1) is 22.6. The zero-order valence-electron chi connectivity index (χ0n) is 17.9. The molecule has 1 fully saturated rings. The molecule has 0 amide bonds. The molecule has 0 bridgehead atoms. The molecule has 0 atom stereocenters. The highest BCUT2D eigenvalue weighted by molar-refractivity contribution is 7.89. The Morgan fingerprint density at radius 1 is 1.13 bits per heavy atom. The lowest BCUT2D eigenvalue weighted by atomic mass is 10.0. The molecule has 1 aliphatic rings. The Bertz CT molecular complexity index is 990. The number of ether oxygens (including phenoxy) is 1. The smallest absolute Gasteiger partial charge is 0.216 e. The van der Waals surface area contributed by atoms with E-state index in [0.29, 0.717) is 50.6 Å². The van der Waals surface area contributed by atoms with Crippen LogP contribution in [0.5, 0.6) is 0 Å². The van der Waals surface area contributed by atoms with Gasteiger partial charge in [-0.2, -0.15) is 4.31 Å². The second kappa shape index (κ2) is 9.36. The zero-order valence-corrected chi connectivity index (χ0v) is 18.7. The molecule has 0 aliphatic carbocycles. The predicted octanol–water partition coefficient (Wildman–Crippen LogP) is 2.52. The number of aromatic nitrogens is 2. The molecule has 0 unspecified atom stereocenters. The molecule has 0 spiro atoms. The molecule has 0 N–H and O–H groups in total. The quantitative estimate of drug-likeness (QED) is 0.664. The van der Waals surface area contributed by atoms with Gasteiger partial charge in [-0.1, -0.05) is 18.2 Å². The summed E-state index contributed by atoms with van der Waals surface area (Å²) in [7, 11) is -1.69. The highest BCUT2D eigenvalue weighted by atomic mass is 32.2. The van der Waals surface area contributed by atoms with Crippen LogP contribution in [0.15, 0.2) is 24.3 Å². The second-order valence-electron chi connectivity index (χ2n) is 7.70. The van der Waals surface area contributed by atoms with E-state index in [4.69, 9.17) is 4.74 Å². The first-order chi connectivity index (χ1) is 14.2. The van der Waals surface area contributed by atoms with Gasteiger partial charge in [-0.3, -0.25) is 0 Å². The third-order valence-electron chi connectivity index (χ3n) is 5.28. The molecular weight excluding hydrogens is 407 g/mol. The van der Waals surface area contributed by atoms with Crippen molar-refractivity contribution in [3.05, 3.63) is 52.7 Å². The van der Waals surface area contributed by atoms with E-state index >= 15 is 0 Å². The number of rotatable bonds is 7.